The summed E-state index contributed by atoms with van der Waals surface area (Å²) in [6, 6.07) is 13.4. The number of likely N-dealkylation sites (N-methyl/N-ethyl adjacent to an activating group) is 1. The van der Waals surface area contributed by atoms with Crippen LogP contribution in [0, 0.1) is 0 Å². The molecule has 0 saturated heterocycles. The Hall–Kier alpha value is -3.20. The molecule has 0 N–H and O–H groups in total. The molecule has 3 aromatic rings. The lowest BCUT2D eigenvalue weighted by Crippen LogP contribution is -2.30. The van der Waals surface area contributed by atoms with E-state index < -0.39 is 0 Å². The number of carbonyl (C=O) groups is 1. The van der Waals surface area contributed by atoms with E-state index in [9.17, 15) is 4.79 Å². The van der Waals surface area contributed by atoms with Crippen LogP contribution in [-0.4, -0.2) is 61.7 Å². The number of aromatic nitrogens is 2. The van der Waals surface area contributed by atoms with Crippen LogP contribution in [-0.2, 0) is 17.6 Å². The van der Waals surface area contributed by atoms with Crippen LogP contribution < -0.4 is 14.2 Å². The average molecular weight is 458 g/mol. The molecule has 1 aromatic heterocycles. The molecule has 0 spiro atoms. The van der Waals surface area contributed by atoms with Crippen LogP contribution >= 0.6 is 11.8 Å². The fourth-order valence-corrected chi connectivity index (χ4v) is 3.70. The topological polar surface area (TPSA) is 86.9 Å². The number of rotatable bonds is 11. The monoisotopic (exact) mass is 457 g/mol. The average Bonchev–Trinajstić information content (AvgIpc) is 3.28. The van der Waals surface area contributed by atoms with Gasteiger partial charge in [-0.15, -0.1) is 10.2 Å². The molecule has 0 aliphatic heterocycles. The van der Waals surface area contributed by atoms with E-state index in [0.29, 0.717) is 42.0 Å². The number of ether oxygens (including phenoxy) is 3. The molecule has 170 valence electrons. The number of hydrogen-bond donors (Lipinski definition) is 0. The van der Waals surface area contributed by atoms with Crippen molar-refractivity contribution in [3.63, 3.8) is 0 Å². The van der Waals surface area contributed by atoms with Crippen molar-refractivity contribution in [3.05, 3.63) is 59.5 Å². The van der Waals surface area contributed by atoms with E-state index in [0.717, 1.165) is 16.9 Å². The molecule has 2 aromatic carbocycles. The molecule has 0 aliphatic carbocycles. The molecular formula is C23H27N3O5S. The van der Waals surface area contributed by atoms with Crippen LogP contribution in [0.5, 0.6) is 17.2 Å². The quantitative estimate of drug-likeness (QED) is 0.405. The van der Waals surface area contributed by atoms with Crippen molar-refractivity contribution in [2.45, 2.75) is 18.1 Å². The molecule has 1 heterocycles. The number of benzene rings is 2. The molecule has 0 aliphatic rings. The van der Waals surface area contributed by atoms with Gasteiger partial charge < -0.3 is 23.5 Å². The summed E-state index contributed by atoms with van der Waals surface area (Å²) in [5.74, 6) is 2.88. The van der Waals surface area contributed by atoms with Crippen molar-refractivity contribution >= 4 is 17.7 Å². The molecule has 8 nitrogen and oxygen atoms in total. The minimum Gasteiger partial charge on any atom is -0.497 e. The van der Waals surface area contributed by atoms with Crippen molar-refractivity contribution in [3.8, 4) is 17.2 Å². The fourth-order valence-electron chi connectivity index (χ4n) is 2.98. The summed E-state index contributed by atoms with van der Waals surface area (Å²) in [6.45, 7) is 0.585. The van der Waals surface area contributed by atoms with Crippen LogP contribution in [0.3, 0.4) is 0 Å². The van der Waals surface area contributed by atoms with Gasteiger partial charge in [0.1, 0.15) is 5.75 Å². The first-order valence-corrected chi connectivity index (χ1v) is 11.0. The molecule has 3 rings (SSSR count). The molecule has 32 heavy (non-hydrogen) atoms. The van der Waals surface area contributed by atoms with E-state index in [1.807, 2.05) is 42.5 Å². The van der Waals surface area contributed by atoms with E-state index in [1.165, 1.54) is 11.8 Å². The maximum Gasteiger partial charge on any atom is 0.277 e. The maximum atomic E-state index is 12.5. The molecule has 0 saturated carbocycles. The standard InChI is InChI=1S/C23H27N3O5S/c1-26(12-11-17-7-10-19(29-3)20(13-17)30-4)22(27)15-32-23-25-24-21(31-23)14-16-5-8-18(28-2)9-6-16/h5-10,13H,11-12,14-15H2,1-4H3. The number of carbonyl (C=O) groups excluding carboxylic acids is 1. The predicted molar refractivity (Wildman–Crippen MR) is 122 cm³/mol. The number of thioether (sulfide) groups is 1. The van der Waals surface area contributed by atoms with E-state index >= 15 is 0 Å². The van der Waals surface area contributed by atoms with Gasteiger partial charge in [0.25, 0.3) is 5.22 Å². The molecule has 0 radical (unpaired) electrons. The molecular weight excluding hydrogens is 430 g/mol. The number of amides is 1. The highest BCUT2D eigenvalue weighted by Crippen LogP contribution is 2.27. The Labute approximate surface area is 191 Å². The third-order valence-corrected chi connectivity index (χ3v) is 5.69. The van der Waals surface area contributed by atoms with Gasteiger partial charge in [-0.25, -0.2) is 0 Å². The molecule has 0 unspecified atom stereocenters. The van der Waals surface area contributed by atoms with Crippen molar-refractivity contribution in [2.24, 2.45) is 0 Å². The lowest BCUT2D eigenvalue weighted by atomic mass is 10.1. The molecule has 0 atom stereocenters. The number of methoxy groups -OCH3 is 3. The largest absolute Gasteiger partial charge is 0.497 e. The van der Waals surface area contributed by atoms with Gasteiger partial charge in [0, 0.05) is 13.6 Å². The van der Waals surface area contributed by atoms with Crippen molar-refractivity contribution in [1.29, 1.82) is 0 Å². The van der Waals surface area contributed by atoms with Crippen molar-refractivity contribution < 1.29 is 23.4 Å². The van der Waals surface area contributed by atoms with Gasteiger partial charge in [-0.1, -0.05) is 30.0 Å². The van der Waals surface area contributed by atoms with E-state index in [-0.39, 0.29) is 11.7 Å². The Kier molecular flexibility index (Phi) is 8.38. The second-order valence-electron chi connectivity index (χ2n) is 7.03. The first kappa shape index (κ1) is 23.5. The van der Waals surface area contributed by atoms with Crippen molar-refractivity contribution in [1.82, 2.24) is 15.1 Å². The minimum atomic E-state index is -0.00891. The first-order chi connectivity index (χ1) is 15.5. The molecule has 9 heteroatoms. The summed E-state index contributed by atoms with van der Waals surface area (Å²) in [6.07, 6.45) is 1.23. The van der Waals surface area contributed by atoms with Crippen LogP contribution in [0.1, 0.15) is 17.0 Å². The summed E-state index contributed by atoms with van der Waals surface area (Å²) >= 11 is 1.24. The third kappa shape index (κ3) is 6.40. The molecule has 0 bridgehead atoms. The van der Waals surface area contributed by atoms with Gasteiger partial charge in [-0.2, -0.15) is 0 Å². The maximum absolute atomic E-state index is 12.5. The summed E-state index contributed by atoms with van der Waals surface area (Å²) < 4.78 is 21.4. The minimum absolute atomic E-state index is 0.00891. The molecule has 0 fully saturated rings. The van der Waals surface area contributed by atoms with Crippen LogP contribution in [0.25, 0.3) is 0 Å². The van der Waals surface area contributed by atoms with E-state index in [1.54, 1.807) is 33.3 Å². The second kappa shape index (κ2) is 11.4. The highest BCUT2D eigenvalue weighted by molar-refractivity contribution is 7.99. The SMILES string of the molecule is COc1ccc(Cc2nnc(SCC(=O)N(C)CCc3ccc(OC)c(OC)c3)o2)cc1. The Morgan fingerprint density at radius 2 is 1.69 bits per heavy atom. The second-order valence-corrected chi connectivity index (χ2v) is 7.96. The van der Waals surface area contributed by atoms with Crippen LogP contribution in [0.4, 0.5) is 0 Å². The smallest absolute Gasteiger partial charge is 0.277 e. The van der Waals surface area contributed by atoms with E-state index in [2.05, 4.69) is 10.2 Å². The van der Waals surface area contributed by atoms with Gasteiger partial charge in [0.2, 0.25) is 11.8 Å². The number of hydrogen-bond acceptors (Lipinski definition) is 8. The third-order valence-electron chi connectivity index (χ3n) is 4.89. The highest BCUT2D eigenvalue weighted by Gasteiger charge is 2.14. The Morgan fingerprint density at radius 3 is 2.38 bits per heavy atom. The Balaban J connectivity index is 1.45. The highest BCUT2D eigenvalue weighted by atomic mass is 32.2. The van der Waals surface area contributed by atoms with Gasteiger partial charge in [0.05, 0.1) is 33.5 Å². The zero-order valence-corrected chi connectivity index (χ0v) is 19.5. The van der Waals surface area contributed by atoms with Gasteiger partial charge >= 0.3 is 0 Å². The van der Waals surface area contributed by atoms with E-state index in [4.69, 9.17) is 18.6 Å². The van der Waals surface area contributed by atoms with Crippen LogP contribution in [0.2, 0.25) is 0 Å². The normalized spacial score (nSPS) is 10.6. The first-order valence-electron chi connectivity index (χ1n) is 10.1. The summed E-state index contributed by atoms with van der Waals surface area (Å²) in [5.41, 5.74) is 2.10. The summed E-state index contributed by atoms with van der Waals surface area (Å²) in [7, 11) is 6.62. The summed E-state index contributed by atoms with van der Waals surface area (Å²) in [5, 5.41) is 8.48. The fraction of sp³-hybridized carbons (Fsp3) is 0.348. The van der Waals surface area contributed by atoms with Crippen molar-refractivity contribution in [2.75, 3.05) is 40.7 Å². The van der Waals surface area contributed by atoms with Crippen LogP contribution in [0.15, 0.2) is 52.1 Å². The number of nitrogens with zero attached hydrogens (tertiary/aromatic N) is 3. The molecule has 1 amide bonds. The van der Waals surface area contributed by atoms with Gasteiger partial charge in [-0.3, -0.25) is 4.79 Å². The zero-order chi connectivity index (χ0) is 22.9. The van der Waals surface area contributed by atoms with Gasteiger partial charge in [0.15, 0.2) is 11.5 Å². The predicted octanol–water partition coefficient (Wildman–Crippen LogP) is 3.48. The Morgan fingerprint density at radius 1 is 0.969 bits per heavy atom. The lowest BCUT2D eigenvalue weighted by molar-refractivity contribution is -0.127. The van der Waals surface area contributed by atoms with Gasteiger partial charge in [-0.05, 0) is 41.8 Å². The lowest BCUT2D eigenvalue weighted by Gasteiger charge is -2.17. The Bertz CT molecular complexity index is 1020. The zero-order valence-electron chi connectivity index (χ0n) is 18.7. The summed E-state index contributed by atoms with van der Waals surface area (Å²) in [4.78, 5) is 14.2.